The van der Waals surface area contributed by atoms with Crippen LogP contribution in [0.3, 0.4) is 0 Å². The van der Waals surface area contributed by atoms with Gasteiger partial charge < -0.3 is 10.5 Å². The van der Waals surface area contributed by atoms with E-state index in [4.69, 9.17) is 10.5 Å². The largest absolute Gasteiger partial charge is 0.385 e. The molecular weight excluding hydrogens is 237 g/mol. The summed E-state index contributed by atoms with van der Waals surface area (Å²) < 4.78 is 18.5. The zero-order chi connectivity index (χ0) is 12.8. The lowest BCUT2D eigenvalue weighted by Gasteiger charge is -2.14. The van der Waals surface area contributed by atoms with Gasteiger partial charge in [0.05, 0.1) is 0 Å². The van der Waals surface area contributed by atoms with Crippen LogP contribution in [0.1, 0.15) is 30.5 Å². The van der Waals surface area contributed by atoms with Crippen molar-refractivity contribution in [2.75, 3.05) is 19.5 Å². The summed E-state index contributed by atoms with van der Waals surface area (Å²) in [5, 5.41) is 0. The summed E-state index contributed by atoms with van der Waals surface area (Å²) in [5.41, 5.74) is 7.41. The first kappa shape index (κ1) is 14.5. The molecule has 0 aliphatic rings. The minimum absolute atomic E-state index is 0.143. The monoisotopic (exact) mass is 257 g/mol. The van der Waals surface area contributed by atoms with E-state index in [2.05, 4.69) is 0 Å². The fraction of sp³-hybridized carbons (Fsp3) is 0.538. The van der Waals surface area contributed by atoms with Crippen LogP contribution in [0, 0.1) is 12.7 Å². The van der Waals surface area contributed by atoms with E-state index in [1.54, 1.807) is 31.9 Å². The van der Waals surface area contributed by atoms with Gasteiger partial charge in [-0.15, -0.1) is 11.8 Å². The summed E-state index contributed by atoms with van der Waals surface area (Å²) in [6, 6.07) is 3.29. The molecule has 0 fully saturated rings. The lowest BCUT2D eigenvalue weighted by molar-refractivity contribution is 0.200. The number of benzene rings is 1. The second kappa shape index (κ2) is 6.99. The Bertz CT molecular complexity index is 369. The van der Waals surface area contributed by atoms with Gasteiger partial charge in [-0.3, -0.25) is 0 Å². The topological polar surface area (TPSA) is 35.2 Å². The van der Waals surface area contributed by atoms with Crippen LogP contribution in [0.5, 0.6) is 0 Å². The molecule has 0 saturated heterocycles. The highest BCUT2D eigenvalue weighted by Gasteiger charge is 2.11. The third-order valence-corrected chi connectivity index (χ3v) is 3.69. The minimum Gasteiger partial charge on any atom is -0.385 e. The molecule has 0 bridgehead atoms. The highest BCUT2D eigenvalue weighted by molar-refractivity contribution is 7.99. The van der Waals surface area contributed by atoms with Crippen LogP contribution in [0.25, 0.3) is 0 Å². The molecule has 4 heteroatoms. The Morgan fingerprint density at radius 1 is 1.47 bits per heavy atom. The molecule has 0 heterocycles. The Kier molecular flexibility index (Phi) is 5.95. The first-order valence-electron chi connectivity index (χ1n) is 5.73. The number of hydrogen-bond donors (Lipinski definition) is 1. The van der Waals surface area contributed by atoms with Crippen LogP contribution in [0.15, 0.2) is 17.0 Å². The van der Waals surface area contributed by atoms with E-state index in [0.29, 0.717) is 5.56 Å². The van der Waals surface area contributed by atoms with Crippen molar-refractivity contribution in [3.63, 3.8) is 0 Å². The van der Waals surface area contributed by atoms with E-state index >= 15 is 0 Å². The molecule has 17 heavy (non-hydrogen) atoms. The molecule has 1 aromatic carbocycles. The molecule has 0 radical (unpaired) electrons. The summed E-state index contributed by atoms with van der Waals surface area (Å²) in [6.07, 6.45) is 0.982. The van der Waals surface area contributed by atoms with Gasteiger partial charge in [-0.1, -0.05) is 0 Å². The van der Waals surface area contributed by atoms with Gasteiger partial charge in [0.1, 0.15) is 5.82 Å². The number of thioether (sulfide) groups is 1. The van der Waals surface area contributed by atoms with Gasteiger partial charge in [0.15, 0.2) is 0 Å². The van der Waals surface area contributed by atoms with E-state index in [-0.39, 0.29) is 11.9 Å². The van der Waals surface area contributed by atoms with Gasteiger partial charge in [-0.05, 0) is 43.5 Å². The van der Waals surface area contributed by atoms with Crippen LogP contribution >= 0.6 is 11.8 Å². The van der Waals surface area contributed by atoms with E-state index in [9.17, 15) is 4.39 Å². The van der Waals surface area contributed by atoms with Gasteiger partial charge in [0.25, 0.3) is 0 Å². The zero-order valence-electron chi connectivity index (χ0n) is 10.6. The number of halogens is 1. The number of hydrogen-bond acceptors (Lipinski definition) is 3. The SMILES string of the molecule is COCCCSc1cc(C)c(F)cc1C(C)N. The van der Waals surface area contributed by atoms with Gasteiger partial charge in [-0.2, -0.15) is 0 Å². The Balaban J connectivity index is 2.78. The molecule has 0 aliphatic heterocycles. The fourth-order valence-electron chi connectivity index (χ4n) is 1.54. The van der Waals surface area contributed by atoms with Crippen LogP contribution in [-0.2, 0) is 4.74 Å². The maximum Gasteiger partial charge on any atom is 0.126 e. The Labute approximate surface area is 107 Å². The molecule has 0 spiro atoms. The fourth-order valence-corrected chi connectivity index (χ4v) is 2.69. The molecule has 0 amide bonds. The highest BCUT2D eigenvalue weighted by Crippen LogP contribution is 2.29. The first-order valence-corrected chi connectivity index (χ1v) is 6.72. The maximum absolute atomic E-state index is 13.5. The summed E-state index contributed by atoms with van der Waals surface area (Å²) in [5.74, 6) is 0.775. The van der Waals surface area contributed by atoms with Gasteiger partial charge in [0.2, 0.25) is 0 Å². The lowest BCUT2D eigenvalue weighted by atomic mass is 10.1. The minimum atomic E-state index is -0.182. The molecule has 96 valence electrons. The van der Waals surface area contributed by atoms with Crippen molar-refractivity contribution < 1.29 is 9.13 Å². The van der Waals surface area contributed by atoms with Gasteiger partial charge in [-0.25, -0.2) is 4.39 Å². The average molecular weight is 257 g/mol. The predicted octanol–water partition coefficient (Wildman–Crippen LogP) is 3.28. The molecule has 2 nitrogen and oxygen atoms in total. The van der Waals surface area contributed by atoms with Crippen LogP contribution in [0.4, 0.5) is 4.39 Å². The number of nitrogens with two attached hydrogens (primary N) is 1. The quantitative estimate of drug-likeness (QED) is 0.627. The van der Waals surface area contributed by atoms with Crippen molar-refractivity contribution in [3.05, 3.63) is 29.1 Å². The summed E-state index contributed by atoms with van der Waals surface area (Å²) in [4.78, 5) is 1.08. The van der Waals surface area contributed by atoms with Crippen molar-refractivity contribution in [2.45, 2.75) is 31.2 Å². The third kappa shape index (κ3) is 4.30. The van der Waals surface area contributed by atoms with Crippen LogP contribution in [0.2, 0.25) is 0 Å². The smallest absolute Gasteiger partial charge is 0.126 e. The van der Waals surface area contributed by atoms with E-state index in [0.717, 1.165) is 29.2 Å². The zero-order valence-corrected chi connectivity index (χ0v) is 11.4. The molecule has 1 aromatic rings. The van der Waals surface area contributed by atoms with Crippen molar-refractivity contribution in [3.8, 4) is 0 Å². The summed E-state index contributed by atoms with van der Waals surface area (Å²) in [7, 11) is 1.69. The summed E-state index contributed by atoms with van der Waals surface area (Å²) >= 11 is 1.71. The molecule has 1 atom stereocenters. The predicted molar refractivity (Wildman–Crippen MR) is 71.0 cm³/mol. The second-order valence-electron chi connectivity index (χ2n) is 4.12. The molecule has 1 unspecified atom stereocenters. The lowest BCUT2D eigenvalue weighted by Crippen LogP contribution is -2.08. The number of ether oxygens (including phenoxy) is 1. The third-order valence-electron chi connectivity index (χ3n) is 2.53. The Morgan fingerprint density at radius 2 is 2.18 bits per heavy atom. The molecule has 1 rings (SSSR count). The Morgan fingerprint density at radius 3 is 2.76 bits per heavy atom. The first-order chi connectivity index (χ1) is 8.06. The molecule has 0 aromatic heterocycles. The van der Waals surface area contributed by atoms with Gasteiger partial charge >= 0.3 is 0 Å². The standard InChI is InChI=1S/C13H20FNOS/c1-9-7-13(17-6-4-5-16-3)11(10(2)15)8-12(9)14/h7-8,10H,4-6,15H2,1-3H3. The number of aryl methyl sites for hydroxylation is 1. The number of methoxy groups -OCH3 is 1. The highest BCUT2D eigenvalue weighted by atomic mass is 32.2. The molecular formula is C13H20FNOS. The second-order valence-corrected chi connectivity index (χ2v) is 5.26. The van der Waals surface area contributed by atoms with E-state index < -0.39 is 0 Å². The summed E-state index contributed by atoms with van der Waals surface area (Å²) in [6.45, 7) is 4.41. The van der Waals surface area contributed by atoms with Gasteiger partial charge in [0, 0.05) is 30.4 Å². The van der Waals surface area contributed by atoms with Crippen molar-refractivity contribution in [1.29, 1.82) is 0 Å². The van der Waals surface area contributed by atoms with Crippen LogP contribution < -0.4 is 5.73 Å². The average Bonchev–Trinajstić information content (AvgIpc) is 2.28. The number of rotatable bonds is 6. The molecule has 2 N–H and O–H groups in total. The van der Waals surface area contributed by atoms with Crippen molar-refractivity contribution in [1.82, 2.24) is 0 Å². The normalized spacial score (nSPS) is 12.8. The van der Waals surface area contributed by atoms with Crippen molar-refractivity contribution >= 4 is 11.8 Å². The van der Waals surface area contributed by atoms with Crippen LogP contribution in [-0.4, -0.2) is 19.5 Å². The molecule has 0 saturated carbocycles. The Hall–Kier alpha value is -0.580. The molecule has 0 aliphatic carbocycles. The maximum atomic E-state index is 13.5. The van der Waals surface area contributed by atoms with E-state index in [1.807, 2.05) is 13.0 Å². The van der Waals surface area contributed by atoms with E-state index in [1.165, 1.54) is 0 Å². The van der Waals surface area contributed by atoms with Crippen molar-refractivity contribution in [2.24, 2.45) is 5.73 Å².